The molecule has 0 fully saturated rings. The zero-order valence-electron chi connectivity index (χ0n) is 13.5. The van der Waals surface area contributed by atoms with E-state index in [1.807, 2.05) is 33.8 Å². The van der Waals surface area contributed by atoms with E-state index < -0.39 is 0 Å². The zero-order chi connectivity index (χ0) is 16.1. The molecule has 2 aromatic rings. The molecule has 1 unspecified atom stereocenters. The second kappa shape index (κ2) is 7.15. The van der Waals surface area contributed by atoms with Gasteiger partial charge in [-0.3, -0.25) is 0 Å². The Kier molecular flexibility index (Phi) is 5.25. The van der Waals surface area contributed by atoms with E-state index in [0.717, 1.165) is 22.6 Å². The number of hydrogen-bond donors (Lipinski definition) is 1. The third-order valence-electron chi connectivity index (χ3n) is 3.68. The molecule has 2 aromatic heterocycles. The number of rotatable bonds is 6. The molecule has 22 heavy (non-hydrogen) atoms. The maximum absolute atomic E-state index is 12.4. The normalized spacial score (nSPS) is 12.2. The molecule has 0 aromatic carbocycles. The molecular weight excluding hydrogens is 282 g/mol. The van der Waals surface area contributed by atoms with E-state index in [0.29, 0.717) is 19.5 Å². The third-order valence-corrected chi connectivity index (χ3v) is 3.68. The molecular formula is C16H23N3O3. The van der Waals surface area contributed by atoms with Crippen molar-refractivity contribution in [1.82, 2.24) is 15.4 Å². The Morgan fingerprint density at radius 1 is 1.45 bits per heavy atom. The molecule has 0 aliphatic rings. The van der Waals surface area contributed by atoms with Crippen molar-refractivity contribution in [2.24, 2.45) is 0 Å². The van der Waals surface area contributed by atoms with Gasteiger partial charge in [0.1, 0.15) is 5.76 Å². The number of nitrogens with one attached hydrogen (secondary N) is 1. The molecule has 2 rings (SSSR count). The highest BCUT2D eigenvalue weighted by atomic mass is 16.5. The molecule has 6 heteroatoms. The zero-order valence-corrected chi connectivity index (χ0v) is 13.5. The Bertz CT molecular complexity index is 585. The Hall–Kier alpha value is -2.24. The van der Waals surface area contributed by atoms with E-state index >= 15 is 0 Å². The number of carbonyl (C=O) groups is 1. The van der Waals surface area contributed by atoms with Crippen molar-refractivity contribution in [3.05, 3.63) is 41.2 Å². The van der Waals surface area contributed by atoms with Crippen molar-refractivity contribution in [2.45, 2.75) is 46.7 Å². The highest BCUT2D eigenvalue weighted by Gasteiger charge is 2.18. The molecule has 2 heterocycles. The van der Waals surface area contributed by atoms with E-state index in [2.05, 4.69) is 10.5 Å². The van der Waals surface area contributed by atoms with Crippen molar-refractivity contribution >= 4 is 6.03 Å². The van der Waals surface area contributed by atoms with Crippen molar-refractivity contribution in [3.8, 4) is 0 Å². The van der Waals surface area contributed by atoms with Gasteiger partial charge in [0, 0.05) is 23.7 Å². The Balaban J connectivity index is 1.92. The maximum Gasteiger partial charge on any atom is 0.317 e. The number of amides is 2. The van der Waals surface area contributed by atoms with Crippen molar-refractivity contribution in [2.75, 3.05) is 6.54 Å². The molecule has 0 bridgehead atoms. The first-order valence-corrected chi connectivity index (χ1v) is 7.49. The number of carbonyl (C=O) groups excluding carboxylic acids is 1. The summed E-state index contributed by atoms with van der Waals surface area (Å²) >= 11 is 0. The minimum Gasteiger partial charge on any atom is -0.472 e. The third kappa shape index (κ3) is 3.90. The predicted molar refractivity (Wildman–Crippen MR) is 82.5 cm³/mol. The van der Waals surface area contributed by atoms with Gasteiger partial charge in [-0.25, -0.2) is 4.79 Å². The highest BCUT2D eigenvalue weighted by Crippen LogP contribution is 2.14. The first-order chi connectivity index (χ1) is 10.5. The molecule has 120 valence electrons. The fourth-order valence-electron chi connectivity index (χ4n) is 2.38. The van der Waals surface area contributed by atoms with Crippen LogP contribution < -0.4 is 5.32 Å². The predicted octanol–water partition coefficient (Wildman–Crippen LogP) is 3.05. The van der Waals surface area contributed by atoms with Gasteiger partial charge in [-0.1, -0.05) is 5.16 Å². The summed E-state index contributed by atoms with van der Waals surface area (Å²) in [5.74, 6) is 0.810. The minimum absolute atomic E-state index is 0.00250. The van der Waals surface area contributed by atoms with Gasteiger partial charge in [-0.05, 0) is 40.2 Å². The molecule has 1 N–H and O–H groups in total. The lowest BCUT2D eigenvalue weighted by Gasteiger charge is -2.23. The monoisotopic (exact) mass is 305 g/mol. The summed E-state index contributed by atoms with van der Waals surface area (Å²) in [6.45, 7) is 8.92. The average Bonchev–Trinajstić information content (AvgIpc) is 3.09. The van der Waals surface area contributed by atoms with Crippen LogP contribution in [-0.2, 0) is 13.0 Å². The lowest BCUT2D eigenvalue weighted by atomic mass is 10.1. The smallest absolute Gasteiger partial charge is 0.317 e. The van der Waals surface area contributed by atoms with Gasteiger partial charge < -0.3 is 19.2 Å². The van der Waals surface area contributed by atoms with Crippen molar-refractivity contribution in [3.63, 3.8) is 0 Å². The lowest BCUT2D eigenvalue weighted by Crippen LogP contribution is -2.44. The van der Waals surface area contributed by atoms with Crippen molar-refractivity contribution in [1.29, 1.82) is 0 Å². The quantitative estimate of drug-likeness (QED) is 0.890. The summed E-state index contributed by atoms with van der Waals surface area (Å²) in [4.78, 5) is 14.1. The van der Waals surface area contributed by atoms with Gasteiger partial charge in [0.15, 0.2) is 0 Å². The van der Waals surface area contributed by atoms with Crippen LogP contribution in [0.1, 0.15) is 36.4 Å². The van der Waals surface area contributed by atoms with E-state index in [-0.39, 0.29) is 12.1 Å². The Morgan fingerprint density at radius 3 is 2.77 bits per heavy atom. The topological polar surface area (TPSA) is 71.5 Å². The summed E-state index contributed by atoms with van der Waals surface area (Å²) < 4.78 is 10.2. The van der Waals surface area contributed by atoms with E-state index in [9.17, 15) is 4.79 Å². The van der Waals surface area contributed by atoms with E-state index in [1.54, 1.807) is 17.4 Å². The second-order valence-corrected chi connectivity index (χ2v) is 5.50. The molecule has 0 radical (unpaired) electrons. The van der Waals surface area contributed by atoms with Gasteiger partial charge in [0.2, 0.25) is 0 Å². The number of aromatic nitrogens is 1. The molecule has 0 saturated carbocycles. The molecule has 6 nitrogen and oxygen atoms in total. The maximum atomic E-state index is 12.4. The van der Waals surface area contributed by atoms with Gasteiger partial charge in [0.05, 0.1) is 24.8 Å². The van der Waals surface area contributed by atoms with Crippen LogP contribution in [0.25, 0.3) is 0 Å². The SMILES string of the molecule is CCN(Cc1ccoc1)C(=O)NC(C)Cc1c(C)noc1C. The van der Waals surface area contributed by atoms with Gasteiger partial charge in [0.25, 0.3) is 0 Å². The van der Waals surface area contributed by atoms with E-state index in [1.165, 1.54) is 0 Å². The fourth-order valence-corrected chi connectivity index (χ4v) is 2.38. The van der Waals surface area contributed by atoms with Crippen LogP contribution in [-0.4, -0.2) is 28.7 Å². The number of nitrogens with zero attached hydrogens (tertiary/aromatic N) is 2. The number of furan rings is 1. The van der Waals surface area contributed by atoms with Gasteiger partial charge >= 0.3 is 6.03 Å². The standard InChI is InChI=1S/C16H23N3O3/c1-5-19(9-14-6-7-21-10-14)16(20)17-11(2)8-15-12(3)18-22-13(15)4/h6-7,10-11H,5,8-9H2,1-4H3,(H,17,20). The van der Waals surface area contributed by atoms with Crippen LogP contribution in [0.5, 0.6) is 0 Å². The summed E-state index contributed by atoms with van der Waals surface area (Å²) in [7, 11) is 0. The van der Waals surface area contributed by atoms with Crippen LogP contribution in [0.3, 0.4) is 0 Å². The summed E-state index contributed by atoms with van der Waals surface area (Å²) in [6, 6.07) is 1.79. The Morgan fingerprint density at radius 2 is 2.23 bits per heavy atom. The molecule has 0 aliphatic carbocycles. The van der Waals surface area contributed by atoms with Crippen LogP contribution in [0, 0.1) is 13.8 Å². The molecule has 2 amide bonds. The summed E-state index contributed by atoms with van der Waals surface area (Å²) in [5, 5.41) is 6.96. The molecule has 0 saturated heterocycles. The summed E-state index contributed by atoms with van der Waals surface area (Å²) in [5.41, 5.74) is 2.92. The largest absolute Gasteiger partial charge is 0.472 e. The number of hydrogen-bond acceptors (Lipinski definition) is 4. The number of urea groups is 1. The second-order valence-electron chi connectivity index (χ2n) is 5.50. The van der Waals surface area contributed by atoms with Crippen LogP contribution in [0.15, 0.2) is 27.5 Å². The van der Waals surface area contributed by atoms with Crippen LogP contribution >= 0.6 is 0 Å². The molecule has 1 atom stereocenters. The van der Waals surface area contributed by atoms with Crippen molar-refractivity contribution < 1.29 is 13.7 Å². The average molecular weight is 305 g/mol. The lowest BCUT2D eigenvalue weighted by molar-refractivity contribution is 0.194. The van der Waals surface area contributed by atoms with Crippen LogP contribution in [0.4, 0.5) is 4.79 Å². The highest BCUT2D eigenvalue weighted by molar-refractivity contribution is 5.74. The number of aryl methyl sites for hydroxylation is 2. The van der Waals surface area contributed by atoms with Crippen LogP contribution in [0.2, 0.25) is 0 Å². The van der Waals surface area contributed by atoms with Gasteiger partial charge in [-0.15, -0.1) is 0 Å². The molecule has 0 spiro atoms. The Labute approximate surface area is 130 Å². The fraction of sp³-hybridized carbons (Fsp3) is 0.500. The van der Waals surface area contributed by atoms with E-state index in [4.69, 9.17) is 8.94 Å². The molecule has 0 aliphatic heterocycles. The minimum atomic E-state index is -0.0806. The summed E-state index contributed by atoms with van der Waals surface area (Å²) in [6.07, 6.45) is 3.97. The first kappa shape index (κ1) is 16.1. The van der Waals surface area contributed by atoms with Gasteiger partial charge in [-0.2, -0.15) is 0 Å². The first-order valence-electron chi connectivity index (χ1n) is 7.49.